The van der Waals surface area contributed by atoms with Crippen LogP contribution >= 0.6 is 0 Å². The van der Waals surface area contributed by atoms with Gasteiger partial charge in [-0.05, 0) is 38.5 Å². The fraction of sp³-hybridized carbons (Fsp3) is 0.962. The first-order valence-electron chi connectivity index (χ1n) is 12.9. The summed E-state index contributed by atoms with van der Waals surface area (Å²) in [6.45, 7) is 5.37. The fourth-order valence-corrected chi connectivity index (χ4v) is 3.86. The van der Waals surface area contributed by atoms with Gasteiger partial charge >= 0.3 is 5.97 Å². The molecule has 0 spiro atoms. The summed E-state index contributed by atoms with van der Waals surface area (Å²) < 4.78 is 11.0. The van der Waals surface area contributed by atoms with Gasteiger partial charge in [-0.2, -0.15) is 0 Å². The number of rotatable bonds is 23. The van der Waals surface area contributed by atoms with Crippen molar-refractivity contribution in [2.75, 3.05) is 13.7 Å². The van der Waals surface area contributed by atoms with Gasteiger partial charge in [0.15, 0.2) is 0 Å². The molecule has 3 nitrogen and oxygen atoms in total. The molecule has 0 saturated heterocycles. The van der Waals surface area contributed by atoms with Crippen LogP contribution < -0.4 is 0 Å². The first-order chi connectivity index (χ1) is 14.2. The van der Waals surface area contributed by atoms with E-state index in [2.05, 4.69) is 13.8 Å². The van der Waals surface area contributed by atoms with Gasteiger partial charge in [-0.15, -0.1) is 0 Å². The van der Waals surface area contributed by atoms with Crippen molar-refractivity contribution >= 4 is 5.97 Å². The van der Waals surface area contributed by atoms with Crippen LogP contribution in [-0.2, 0) is 14.3 Å². The third-order valence-corrected chi connectivity index (χ3v) is 5.79. The van der Waals surface area contributed by atoms with Gasteiger partial charge in [-0.3, -0.25) is 4.79 Å². The van der Waals surface area contributed by atoms with Crippen LogP contribution in [0.2, 0.25) is 0 Å². The SMILES string of the molecule is CCCCCCCCC(CCCCCCCC)OC(=O)CCCCCCCOC. The van der Waals surface area contributed by atoms with Crippen molar-refractivity contribution in [1.29, 1.82) is 0 Å². The highest BCUT2D eigenvalue weighted by molar-refractivity contribution is 5.69. The van der Waals surface area contributed by atoms with E-state index in [0.717, 1.165) is 38.7 Å². The van der Waals surface area contributed by atoms with E-state index in [1.807, 2.05) is 0 Å². The van der Waals surface area contributed by atoms with Crippen LogP contribution in [0.4, 0.5) is 0 Å². The van der Waals surface area contributed by atoms with Crippen molar-refractivity contribution in [3.05, 3.63) is 0 Å². The molecule has 0 rings (SSSR count). The molecule has 0 saturated carbocycles. The summed E-state index contributed by atoms with van der Waals surface area (Å²) in [5, 5.41) is 0. The average molecular weight is 413 g/mol. The molecule has 0 radical (unpaired) electrons. The summed E-state index contributed by atoms with van der Waals surface area (Å²) in [6, 6.07) is 0. The zero-order valence-corrected chi connectivity index (χ0v) is 20.2. The zero-order valence-electron chi connectivity index (χ0n) is 20.2. The summed E-state index contributed by atoms with van der Waals surface area (Å²) in [7, 11) is 1.75. The first kappa shape index (κ1) is 28.4. The lowest BCUT2D eigenvalue weighted by Gasteiger charge is -2.18. The molecular weight excluding hydrogens is 360 g/mol. The lowest BCUT2D eigenvalue weighted by Crippen LogP contribution is -2.18. The summed E-state index contributed by atoms with van der Waals surface area (Å²) in [5.74, 6) is 0.0313. The smallest absolute Gasteiger partial charge is 0.306 e. The van der Waals surface area contributed by atoms with Crippen LogP contribution in [-0.4, -0.2) is 25.8 Å². The highest BCUT2D eigenvalue weighted by Crippen LogP contribution is 2.18. The number of methoxy groups -OCH3 is 1. The average Bonchev–Trinajstić information content (AvgIpc) is 2.72. The molecule has 0 atom stereocenters. The number of unbranched alkanes of at least 4 members (excludes halogenated alkanes) is 14. The molecule has 0 unspecified atom stereocenters. The maximum Gasteiger partial charge on any atom is 0.306 e. The summed E-state index contributed by atoms with van der Waals surface area (Å²) >= 11 is 0. The molecule has 0 bridgehead atoms. The molecule has 0 fully saturated rings. The van der Waals surface area contributed by atoms with E-state index in [4.69, 9.17) is 9.47 Å². The molecule has 0 amide bonds. The van der Waals surface area contributed by atoms with Crippen molar-refractivity contribution in [2.45, 2.75) is 148 Å². The molecular formula is C26H52O3. The van der Waals surface area contributed by atoms with Crippen LogP contribution in [0.25, 0.3) is 0 Å². The number of carbonyl (C=O) groups excluding carboxylic acids is 1. The molecule has 0 aromatic carbocycles. The second kappa shape index (κ2) is 23.7. The second-order valence-corrected chi connectivity index (χ2v) is 8.74. The number of ether oxygens (including phenoxy) is 2. The van der Waals surface area contributed by atoms with Crippen LogP contribution in [0.3, 0.4) is 0 Å². The molecule has 0 aliphatic carbocycles. The molecule has 29 heavy (non-hydrogen) atoms. The lowest BCUT2D eigenvalue weighted by molar-refractivity contribution is -0.150. The monoisotopic (exact) mass is 412 g/mol. The fourth-order valence-electron chi connectivity index (χ4n) is 3.86. The standard InChI is InChI=1S/C26H52O3/c1-4-6-8-10-13-17-21-25(22-18-14-11-9-7-5-2)29-26(27)23-19-15-12-16-20-24-28-3/h25H,4-24H2,1-3H3. The Bertz CT molecular complexity index is 314. The number of esters is 1. The third kappa shape index (κ3) is 21.9. The van der Waals surface area contributed by atoms with Gasteiger partial charge in [0.1, 0.15) is 6.10 Å². The lowest BCUT2D eigenvalue weighted by atomic mass is 10.0. The van der Waals surface area contributed by atoms with E-state index in [9.17, 15) is 4.79 Å². The van der Waals surface area contributed by atoms with Gasteiger partial charge < -0.3 is 9.47 Å². The summed E-state index contributed by atoms with van der Waals surface area (Å²) in [4.78, 5) is 12.3. The molecule has 0 N–H and O–H groups in total. The predicted molar refractivity (Wildman–Crippen MR) is 125 cm³/mol. The Morgan fingerprint density at radius 2 is 1.07 bits per heavy atom. The normalized spacial score (nSPS) is 11.3. The van der Waals surface area contributed by atoms with Gasteiger partial charge in [0.25, 0.3) is 0 Å². The Hall–Kier alpha value is -0.570. The topological polar surface area (TPSA) is 35.5 Å². The Balaban J connectivity index is 3.98. The Kier molecular flexibility index (Phi) is 23.2. The van der Waals surface area contributed by atoms with Gasteiger partial charge in [0.2, 0.25) is 0 Å². The van der Waals surface area contributed by atoms with Crippen LogP contribution in [0, 0.1) is 0 Å². The Morgan fingerprint density at radius 1 is 0.621 bits per heavy atom. The number of carbonyl (C=O) groups is 1. The van der Waals surface area contributed by atoms with Crippen LogP contribution in [0.1, 0.15) is 142 Å². The van der Waals surface area contributed by atoms with E-state index in [-0.39, 0.29) is 12.1 Å². The van der Waals surface area contributed by atoms with E-state index in [0.29, 0.717) is 6.42 Å². The van der Waals surface area contributed by atoms with Crippen molar-refractivity contribution < 1.29 is 14.3 Å². The van der Waals surface area contributed by atoms with Crippen molar-refractivity contribution in [3.8, 4) is 0 Å². The largest absolute Gasteiger partial charge is 0.462 e. The van der Waals surface area contributed by atoms with Crippen LogP contribution in [0.15, 0.2) is 0 Å². The molecule has 0 aromatic rings. The molecule has 0 heterocycles. The molecule has 3 heteroatoms. The van der Waals surface area contributed by atoms with E-state index in [1.165, 1.54) is 89.9 Å². The third-order valence-electron chi connectivity index (χ3n) is 5.79. The highest BCUT2D eigenvalue weighted by Gasteiger charge is 2.14. The van der Waals surface area contributed by atoms with Crippen LogP contribution in [0.5, 0.6) is 0 Å². The second-order valence-electron chi connectivity index (χ2n) is 8.74. The minimum atomic E-state index is 0.0313. The van der Waals surface area contributed by atoms with Crippen molar-refractivity contribution in [2.24, 2.45) is 0 Å². The molecule has 0 aliphatic rings. The maximum atomic E-state index is 12.3. The van der Waals surface area contributed by atoms with E-state index in [1.54, 1.807) is 7.11 Å². The first-order valence-corrected chi connectivity index (χ1v) is 12.9. The quantitative estimate of drug-likeness (QED) is 0.125. The maximum absolute atomic E-state index is 12.3. The Labute approximate surface area is 182 Å². The summed E-state index contributed by atoms with van der Waals surface area (Å²) in [5.41, 5.74) is 0. The van der Waals surface area contributed by atoms with Gasteiger partial charge in [-0.25, -0.2) is 0 Å². The summed E-state index contributed by atoms with van der Waals surface area (Å²) in [6.07, 6.45) is 24.1. The molecule has 0 aromatic heterocycles. The number of hydrogen-bond acceptors (Lipinski definition) is 3. The zero-order chi connectivity index (χ0) is 21.4. The predicted octanol–water partition coefficient (Wildman–Crippen LogP) is 8.39. The van der Waals surface area contributed by atoms with E-state index >= 15 is 0 Å². The highest BCUT2D eigenvalue weighted by atomic mass is 16.5. The minimum Gasteiger partial charge on any atom is -0.462 e. The Morgan fingerprint density at radius 3 is 1.59 bits per heavy atom. The van der Waals surface area contributed by atoms with Crippen molar-refractivity contribution in [3.63, 3.8) is 0 Å². The van der Waals surface area contributed by atoms with E-state index < -0.39 is 0 Å². The van der Waals surface area contributed by atoms with Gasteiger partial charge in [-0.1, -0.05) is 97.3 Å². The number of hydrogen-bond donors (Lipinski definition) is 0. The van der Waals surface area contributed by atoms with Gasteiger partial charge in [0, 0.05) is 20.1 Å². The molecule has 0 aliphatic heterocycles. The minimum absolute atomic E-state index is 0.0313. The molecule has 174 valence electrons. The van der Waals surface area contributed by atoms with Crippen molar-refractivity contribution in [1.82, 2.24) is 0 Å². The van der Waals surface area contributed by atoms with Gasteiger partial charge in [0.05, 0.1) is 0 Å².